The maximum atomic E-state index is 12.3. The highest BCUT2D eigenvalue weighted by Crippen LogP contribution is 2.37. The Morgan fingerprint density at radius 3 is 2.78 bits per heavy atom. The van der Waals surface area contributed by atoms with Crippen molar-refractivity contribution in [2.45, 2.75) is 52.1 Å². The van der Waals surface area contributed by atoms with Gasteiger partial charge in [0.15, 0.2) is 0 Å². The molecule has 1 aromatic rings. The Morgan fingerprint density at radius 2 is 2.22 bits per heavy atom. The molecule has 1 amide bonds. The number of hydrogen-bond acceptors (Lipinski definition) is 2. The number of rotatable bonds is 5. The lowest BCUT2D eigenvalue weighted by Gasteiger charge is -2.20. The first-order valence-electron chi connectivity index (χ1n) is 6.81. The van der Waals surface area contributed by atoms with Crippen LogP contribution in [0.15, 0.2) is 12.3 Å². The van der Waals surface area contributed by atoms with E-state index >= 15 is 0 Å². The van der Waals surface area contributed by atoms with Gasteiger partial charge in [-0.1, -0.05) is 20.3 Å². The third kappa shape index (κ3) is 2.68. The number of hydrogen-bond donors (Lipinski definition) is 2. The zero-order valence-corrected chi connectivity index (χ0v) is 11.4. The lowest BCUT2D eigenvalue weighted by atomic mass is 10.0. The van der Waals surface area contributed by atoms with Gasteiger partial charge >= 0.3 is 0 Å². The average Bonchev–Trinajstić information content (AvgIpc) is 3.11. The summed E-state index contributed by atoms with van der Waals surface area (Å²) in [4.78, 5) is 12.3. The molecule has 0 aliphatic heterocycles. The number of nitrogens with zero attached hydrogens (tertiary/aromatic N) is 1. The van der Waals surface area contributed by atoms with E-state index in [1.165, 1.54) is 0 Å². The third-order valence-corrected chi connectivity index (χ3v) is 3.90. The molecule has 1 aliphatic rings. The first-order valence-corrected chi connectivity index (χ1v) is 6.81. The monoisotopic (exact) mass is 249 g/mol. The molecule has 0 bridgehead atoms. The van der Waals surface area contributed by atoms with Crippen molar-refractivity contribution in [1.29, 1.82) is 0 Å². The Hall–Kier alpha value is -1.45. The Morgan fingerprint density at radius 1 is 1.56 bits per heavy atom. The van der Waals surface area contributed by atoms with Crippen molar-refractivity contribution in [3.63, 3.8) is 0 Å². The van der Waals surface area contributed by atoms with E-state index in [0.29, 0.717) is 23.3 Å². The van der Waals surface area contributed by atoms with Crippen molar-refractivity contribution >= 4 is 11.6 Å². The van der Waals surface area contributed by atoms with E-state index in [1.807, 2.05) is 10.8 Å². The van der Waals surface area contributed by atoms with Gasteiger partial charge in [-0.25, -0.2) is 0 Å². The summed E-state index contributed by atoms with van der Waals surface area (Å²) in [5, 5.41) is 3.07. The number of amides is 1. The summed E-state index contributed by atoms with van der Waals surface area (Å²) in [7, 11) is 0. The third-order valence-electron chi connectivity index (χ3n) is 3.90. The molecule has 100 valence electrons. The number of anilines is 1. The minimum atomic E-state index is -0.00796. The van der Waals surface area contributed by atoms with Crippen LogP contribution < -0.4 is 11.1 Å². The van der Waals surface area contributed by atoms with Crippen LogP contribution in [0.5, 0.6) is 0 Å². The van der Waals surface area contributed by atoms with Crippen molar-refractivity contribution in [1.82, 2.24) is 9.88 Å². The van der Waals surface area contributed by atoms with E-state index in [9.17, 15) is 4.79 Å². The van der Waals surface area contributed by atoms with Crippen LogP contribution in [0.3, 0.4) is 0 Å². The Kier molecular flexibility index (Phi) is 3.64. The van der Waals surface area contributed by atoms with Crippen LogP contribution in [-0.4, -0.2) is 16.5 Å². The highest BCUT2D eigenvalue weighted by Gasteiger charge is 2.28. The van der Waals surface area contributed by atoms with Crippen LogP contribution >= 0.6 is 0 Å². The van der Waals surface area contributed by atoms with Crippen molar-refractivity contribution in [3.05, 3.63) is 18.0 Å². The molecule has 4 heteroatoms. The van der Waals surface area contributed by atoms with Gasteiger partial charge in [0, 0.05) is 18.3 Å². The van der Waals surface area contributed by atoms with Gasteiger partial charge in [0.1, 0.15) is 5.69 Å². The largest absolute Gasteiger partial charge is 0.397 e. The second-order valence-corrected chi connectivity index (χ2v) is 5.44. The van der Waals surface area contributed by atoms with Crippen LogP contribution in [0.4, 0.5) is 5.69 Å². The second kappa shape index (κ2) is 5.04. The van der Waals surface area contributed by atoms with E-state index in [4.69, 9.17) is 5.73 Å². The topological polar surface area (TPSA) is 60.1 Å². The lowest BCUT2D eigenvalue weighted by Crippen LogP contribution is -2.37. The van der Waals surface area contributed by atoms with E-state index in [0.717, 1.165) is 19.3 Å². The minimum Gasteiger partial charge on any atom is -0.397 e. The van der Waals surface area contributed by atoms with Crippen LogP contribution in [0.1, 0.15) is 56.6 Å². The van der Waals surface area contributed by atoms with Crippen molar-refractivity contribution in [2.24, 2.45) is 5.92 Å². The number of nitrogens with two attached hydrogens (primary N) is 1. The van der Waals surface area contributed by atoms with E-state index in [-0.39, 0.29) is 11.9 Å². The molecule has 0 radical (unpaired) electrons. The number of nitrogens with one attached hydrogen (secondary N) is 1. The van der Waals surface area contributed by atoms with Gasteiger partial charge in [0.05, 0.1) is 5.69 Å². The summed E-state index contributed by atoms with van der Waals surface area (Å²) in [5.41, 5.74) is 7.17. The van der Waals surface area contributed by atoms with Gasteiger partial charge in [0.2, 0.25) is 0 Å². The fourth-order valence-electron chi connectivity index (χ4n) is 2.11. The number of carbonyl (C=O) groups excluding carboxylic acids is 1. The maximum Gasteiger partial charge on any atom is 0.268 e. The molecule has 0 spiro atoms. The molecule has 18 heavy (non-hydrogen) atoms. The molecule has 1 aliphatic carbocycles. The molecule has 2 atom stereocenters. The second-order valence-electron chi connectivity index (χ2n) is 5.44. The zero-order valence-electron chi connectivity index (χ0n) is 11.4. The van der Waals surface area contributed by atoms with Crippen LogP contribution in [0.2, 0.25) is 0 Å². The predicted octanol–water partition coefficient (Wildman–Crippen LogP) is 2.57. The van der Waals surface area contributed by atoms with Crippen LogP contribution in [-0.2, 0) is 0 Å². The van der Waals surface area contributed by atoms with Crippen LogP contribution in [0.25, 0.3) is 0 Å². The minimum absolute atomic E-state index is 0.00796. The molecular formula is C14H23N3O. The predicted molar refractivity (Wildman–Crippen MR) is 73.5 cm³/mol. The van der Waals surface area contributed by atoms with Crippen LogP contribution in [0, 0.1) is 5.92 Å². The van der Waals surface area contributed by atoms with Gasteiger partial charge in [-0.15, -0.1) is 0 Å². The van der Waals surface area contributed by atoms with E-state index < -0.39 is 0 Å². The molecule has 2 rings (SSSR count). The number of nitrogen functional groups attached to an aromatic ring is 1. The van der Waals surface area contributed by atoms with Gasteiger partial charge in [-0.2, -0.15) is 0 Å². The fraction of sp³-hybridized carbons (Fsp3) is 0.643. The van der Waals surface area contributed by atoms with Gasteiger partial charge < -0.3 is 15.6 Å². The summed E-state index contributed by atoms with van der Waals surface area (Å²) in [6.07, 6.45) is 5.23. The summed E-state index contributed by atoms with van der Waals surface area (Å²) in [6.45, 7) is 6.34. The molecule has 0 aromatic carbocycles. The standard InChI is InChI=1S/C14H23N3O/c1-4-9(2)10(3)16-14(18)13-7-11(15)8-17(13)12-5-6-12/h7-10,12H,4-6,15H2,1-3H3,(H,16,18). The molecule has 4 nitrogen and oxygen atoms in total. The number of carbonyl (C=O) groups is 1. The molecule has 3 N–H and O–H groups in total. The zero-order chi connectivity index (χ0) is 13.3. The summed E-state index contributed by atoms with van der Waals surface area (Å²) < 4.78 is 2.02. The molecule has 1 fully saturated rings. The molecule has 1 heterocycles. The Bertz CT molecular complexity index is 434. The van der Waals surface area contributed by atoms with Crippen molar-refractivity contribution in [3.8, 4) is 0 Å². The highest BCUT2D eigenvalue weighted by molar-refractivity contribution is 5.94. The summed E-state index contributed by atoms with van der Waals surface area (Å²) in [5.74, 6) is 0.474. The SMILES string of the molecule is CCC(C)C(C)NC(=O)c1cc(N)cn1C1CC1. The van der Waals surface area contributed by atoms with Gasteiger partial charge in [-0.05, 0) is 31.7 Å². The molecule has 1 saturated carbocycles. The quantitative estimate of drug-likeness (QED) is 0.842. The lowest BCUT2D eigenvalue weighted by molar-refractivity contribution is 0.0918. The van der Waals surface area contributed by atoms with E-state index in [1.54, 1.807) is 6.07 Å². The summed E-state index contributed by atoms with van der Waals surface area (Å²) >= 11 is 0. The van der Waals surface area contributed by atoms with Gasteiger partial charge in [-0.3, -0.25) is 4.79 Å². The van der Waals surface area contributed by atoms with Crippen molar-refractivity contribution < 1.29 is 4.79 Å². The smallest absolute Gasteiger partial charge is 0.268 e. The normalized spacial score (nSPS) is 18.4. The molecular weight excluding hydrogens is 226 g/mol. The summed E-state index contributed by atoms with van der Waals surface area (Å²) in [6, 6.07) is 2.44. The van der Waals surface area contributed by atoms with Crippen molar-refractivity contribution in [2.75, 3.05) is 5.73 Å². The Balaban J connectivity index is 2.08. The Labute approximate surface area is 109 Å². The fourth-order valence-corrected chi connectivity index (χ4v) is 2.11. The number of aromatic nitrogens is 1. The van der Waals surface area contributed by atoms with Gasteiger partial charge in [0.25, 0.3) is 5.91 Å². The average molecular weight is 249 g/mol. The first kappa shape index (κ1) is 13.0. The first-order chi connectivity index (χ1) is 8.52. The maximum absolute atomic E-state index is 12.3. The molecule has 1 aromatic heterocycles. The molecule has 2 unspecified atom stereocenters. The molecule has 0 saturated heterocycles. The highest BCUT2D eigenvalue weighted by atomic mass is 16.2. The van der Waals surface area contributed by atoms with E-state index in [2.05, 4.69) is 26.1 Å².